The summed E-state index contributed by atoms with van der Waals surface area (Å²) in [6.45, 7) is 5.69. The van der Waals surface area contributed by atoms with E-state index in [0.717, 1.165) is 6.54 Å². The molecule has 16 heavy (non-hydrogen) atoms. The topological polar surface area (TPSA) is 12.0 Å². The quantitative estimate of drug-likeness (QED) is 0.695. The van der Waals surface area contributed by atoms with Crippen molar-refractivity contribution >= 4 is 5.70 Å². The first kappa shape index (κ1) is 9.71. The molecule has 0 spiro atoms. The molecule has 82 valence electrons. The van der Waals surface area contributed by atoms with Crippen molar-refractivity contribution in [2.24, 2.45) is 5.92 Å². The van der Waals surface area contributed by atoms with Gasteiger partial charge in [-0.15, -0.1) is 0 Å². The first-order valence-electron chi connectivity index (χ1n) is 5.94. The Balaban J connectivity index is 2.31. The third kappa shape index (κ3) is 1.18. The number of hydrogen-bond donors (Lipinski definition) is 1. The maximum atomic E-state index is 3.56. The highest BCUT2D eigenvalue weighted by Gasteiger charge is 2.37. The van der Waals surface area contributed by atoms with E-state index in [2.05, 4.69) is 61.7 Å². The molecule has 1 aromatic rings. The van der Waals surface area contributed by atoms with Crippen LogP contribution in [-0.4, -0.2) is 6.54 Å². The fourth-order valence-electron chi connectivity index (χ4n) is 2.77. The van der Waals surface area contributed by atoms with Crippen molar-refractivity contribution in [3.63, 3.8) is 0 Å². The van der Waals surface area contributed by atoms with Crippen LogP contribution in [0.15, 0.2) is 42.5 Å². The molecular formula is C15H17N. The minimum absolute atomic E-state index is 0.213. The average molecular weight is 211 g/mol. The Morgan fingerprint density at radius 1 is 1.31 bits per heavy atom. The zero-order valence-corrected chi connectivity index (χ0v) is 9.83. The minimum Gasteiger partial charge on any atom is -0.384 e. The molecule has 1 N–H and O–H groups in total. The lowest BCUT2D eigenvalue weighted by molar-refractivity contribution is 0.354. The van der Waals surface area contributed by atoms with Crippen LogP contribution < -0.4 is 5.32 Å². The number of hydrogen-bond acceptors (Lipinski definition) is 1. The van der Waals surface area contributed by atoms with Crippen molar-refractivity contribution < 1.29 is 0 Å². The van der Waals surface area contributed by atoms with Gasteiger partial charge >= 0.3 is 0 Å². The summed E-state index contributed by atoms with van der Waals surface area (Å²) in [5.41, 5.74) is 4.32. The van der Waals surface area contributed by atoms with Gasteiger partial charge in [-0.1, -0.05) is 50.3 Å². The first-order valence-corrected chi connectivity index (χ1v) is 5.94. The van der Waals surface area contributed by atoms with Gasteiger partial charge in [-0.05, 0) is 17.6 Å². The molecule has 2 heterocycles. The normalized spacial score (nSPS) is 36.4. The number of fused-ring (bicyclic) bond motifs is 3. The molecular weight excluding hydrogens is 194 g/mol. The van der Waals surface area contributed by atoms with Crippen LogP contribution in [0.3, 0.4) is 0 Å². The van der Waals surface area contributed by atoms with Gasteiger partial charge < -0.3 is 5.32 Å². The fraction of sp³-hybridized carbons (Fsp3) is 0.333. The molecule has 0 saturated carbocycles. The number of benzene rings is 1. The van der Waals surface area contributed by atoms with E-state index in [0.29, 0.717) is 5.92 Å². The Kier molecular flexibility index (Phi) is 1.97. The van der Waals surface area contributed by atoms with Crippen molar-refractivity contribution in [3.8, 4) is 0 Å². The summed E-state index contributed by atoms with van der Waals surface area (Å²) in [6.07, 6.45) is 6.69. The van der Waals surface area contributed by atoms with E-state index in [1.54, 1.807) is 0 Å². The molecule has 0 amide bonds. The largest absolute Gasteiger partial charge is 0.384 e. The Labute approximate surface area is 96.9 Å². The monoisotopic (exact) mass is 211 g/mol. The molecule has 2 atom stereocenters. The summed E-state index contributed by atoms with van der Waals surface area (Å²) in [5.74, 6) is 0.555. The summed E-state index contributed by atoms with van der Waals surface area (Å²) in [4.78, 5) is 0. The van der Waals surface area contributed by atoms with Gasteiger partial charge in [0.2, 0.25) is 0 Å². The highest BCUT2D eigenvalue weighted by molar-refractivity contribution is 5.72. The number of rotatable bonds is 0. The SMILES string of the molecule is CC1/C=C\C=C2/NCC1(C)c1ccccc12. The summed E-state index contributed by atoms with van der Waals surface area (Å²) < 4.78 is 0. The van der Waals surface area contributed by atoms with Crippen LogP contribution in [0, 0.1) is 5.92 Å². The zero-order valence-electron chi connectivity index (χ0n) is 9.83. The van der Waals surface area contributed by atoms with E-state index in [1.807, 2.05) is 0 Å². The van der Waals surface area contributed by atoms with Crippen LogP contribution >= 0.6 is 0 Å². The molecule has 1 heteroatoms. The van der Waals surface area contributed by atoms with Crippen LogP contribution in [-0.2, 0) is 5.41 Å². The van der Waals surface area contributed by atoms with Crippen molar-refractivity contribution in [1.29, 1.82) is 0 Å². The highest BCUT2D eigenvalue weighted by atomic mass is 14.9. The van der Waals surface area contributed by atoms with Gasteiger partial charge in [0.05, 0.1) is 0 Å². The Morgan fingerprint density at radius 2 is 2.12 bits per heavy atom. The molecule has 4 rings (SSSR count). The Bertz CT molecular complexity index is 484. The molecule has 0 radical (unpaired) electrons. The Morgan fingerprint density at radius 3 is 3.00 bits per heavy atom. The van der Waals surface area contributed by atoms with E-state index in [9.17, 15) is 0 Å². The summed E-state index contributed by atoms with van der Waals surface area (Å²) in [7, 11) is 0. The molecule has 1 aromatic carbocycles. The predicted octanol–water partition coefficient (Wildman–Crippen LogP) is 3.09. The van der Waals surface area contributed by atoms with Gasteiger partial charge in [-0.25, -0.2) is 0 Å². The minimum atomic E-state index is 0.213. The highest BCUT2D eigenvalue weighted by Crippen LogP contribution is 2.41. The van der Waals surface area contributed by atoms with E-state index in [4.69, 9.17) is 0 Å². The summed E-state index contributed by atoms with van der Waals surface area (Å²) in [6, 6.07) is 8.77. The standard InChI is InChI=1S/C15H17N/c1-11-6-5-9-14-12-7-3-4-8-13(12)15(11,2)10-16-14/h3-9,11,16H,10H2,1-2H3/b6-5-,14-9-. The van der Waals surface area contributed by atoms with Gasteiger partial charge in [0, 0.05) is 23.2 Å². The zero-order chi connectivity index (χ0) is 11.2. The molecule has 2 unspecified atom stereocenters. The fourth-order valence-corrected chi connectivity index (χ4v) is 2.77. The Hall–Kier alpha value is -1.50. The number of nitrogens with one attached hydrogen (secondary N) is 1. The van der Waals surface area contributed by atoms with E-state index >= 15 is 0 Å². The van der Waals surface area contributed by atoms with Crippen molar-refractivity contribution in [2.45, 2.75) is 19.3 Å². The maximum absolute atomic E-state index is 3.56. The third-order valence-corrected chi connectivity index (χ3v) is 4.15. The molecule has 3 aliphatic rings. The molecule has 1 nitrogen and oxygen atoms in total. The second-order valence-electron chi connectivity index (χ2n) is 5.07. The molecule has 2 aliphatic heterocycles. The van der Waals surface area contributed by atoms with Gasteiger partial charge in [0.15, 0.2) is 0 Å². The first-order chi connectivity index (χ1) is 7.72. The predicted molar refractivity (Wildman–Crippen MR) is 68.1 cm³/mol. The number of allylic oxidation sites excluding steroid dienone is 3. The summed E-state index contributed by atoms with van der Waals surface area (Å²) >= 11 is 0. The van der Waals surface area contributed by atoms with Crippen molar-refractivity contribution in [1.82, 2.24) is 5.32 Å². The lowest BCUT2D eigenvalue weighted by Crippen LogP contribution is -2.44. The third-order valence-electron chi connectivity index (χ3n) is 4.15. The van der Waals surface area contributed by atoms with Crippen LogP contribution in [0.2, 0.25) is 0 Å². The van der Waals surface area contributed by atoms with E-state index in [1.165, 1.54) is 16.8 Å². The van der Waals surface area contributed by atoms with Crippen LogP contribution in [0.4, 0.5) is 0 Å². The molecule has 2 bridgehead atoms. The van der Waals surface area contributed by atoms with Gasteiger partial charge in [0.25, 0.3) is 0 Å². The van der Waals surface area contributed by atoms with E-state index < -0.39 is 0 Å². The summed E-state index contributed by atoms with van der Waals surface area (Å²) in [5, 5.41) is 3.56. The van der Waals surface area contributed by atoms with Gasteiger partial charge in [-0.3, -0.25) is 0 Å². The smallest absolute Gasteiger partial charge is 0.0416 e. The van der Waals surface area contributed by atoms with Crippen LogP contribution in [0.5, 0.6) is 0 Å². The molecule has 0 fully saturated rings. The van der Waals surface area contributed by atoms with Crippen molar-refractivity contribution in [3.05, 3.63) is 53.6 Å². The van der Waals surface area contributed by atoms with E-state index in [-0.39, 0.29) is 5.41 Å². The molecule has 0 saturated heterocycles. The van der Waals surface area contributed by atoms with Crippen molar-refractivity contribution in [2.75, 3.05) is 6.54 Å². The molecule has 0 aromatic heterocycles. The molecule has 1 aliphatic carbocycles. The van der Waals surface area contributed by atoms with Crippen LogP contribution in [0.1, 0.15) is 25.0 Å². The lowest BCUT2D eigenvalue weighted by Gasteiger charge is -2.42. The van der Waals surface area contributed by atoms with Crippen LogP contribution in [0.25, 0.3) is 5.70 Å². The lowest BCUT2D eigenvalue weighted by atomic mass is 9.67. The van der Waals surface area contributed by atoms with Gasteiger partial charge in [-0.2, -0.15) is 0 Å². The second-order valence-corrected chi connectivity index (χ2v) is 5.07. The maximum Gasteiger partial charge on any atom is 0.0416 e. The second kappa shape index (κ2) is 3.24. The van der Waals surface area contributed by atoms with Gasteiger partial charge in [0.1, 0.15) is 0 Å². The average Bonchev–Trinajstić information content (AvgIpc) is 2.30.